The minimum absolute atomic E-state index is 0.478. The molecule has 15 heavy (non-hydrogen) atoms. The first kappa shape index (κ1) is 10.2. The molecule has 0 bridgehead atoms. The van der Waals surface area contributed by atoms with Gasteiger partial charge in [-0.25, -0.2) is 0 Å². The van der Waals surface area contributed by atoms with E-state index in [1.807, 2.05) is 6.92 Å². The maximum absolute atomic E-state index is 11.4. The topological polar surface area (TPSA) is 59.7 Å². The van der Waals surface area contributed by atoms with Gasteiger partial charge in [0.15, 0.2) is 0 Å². The molecule has 1 aromatic rings. The first-order chi connectivity index (χ1) is 7.15. The Labute approximate surface area is 87.8 Å². The molecule has 1 fully saturated rings. The van der Waals surface area contributed by atoms with Gasteiger partial charge in [0.1, 0.15) is 16.9 Å². The van der Waals surface area contributed by atoms with Crippen molar-refractivity contribution in [2.75, 3.05) is 13.2 Å². The third-order valence-electron chi connectivity index (χ3n) is 2.97. The number of aryl methyl sites for hydroxylation is 1. The second-order valence-electron chi connectivity index (χ2n) is 3.91. The Bertz CT molecular complexity index is 360. The Balaban J connectivity index is 2.37. The van der Waals surface area contributed by atoms with Crippen LogP contribution in [0.1, 0.15) is 24.4 Å². The van der Waals surface area contributed by atoms with Gasteiger partial charge in [-0.2, -0.15) is 0 Å². The minimum atomic E-state index is -0.882. The molecule has 2 rings (SSSR count). The van der Waals surface area contributed by atoms with Crippen LogP contribution in [0.2, 0.25) is 0 Å². The van der Waals surface area contributed by atoms with Gasteiger partial charge in [-0.15, -0.1) is 0 Å². The van der Waals surface area contributed by atoms with Crippen molar-refractivity contribution in [1.29, 1.82) is 0 Å². The number of carboxylic acids is 1. The summed E-state index contributed by atoms with van der Waals surface area (Å²) in [5, 5.41) is 9.34. The maximum Gasteiger partial charge on any atom is 0.317 e. The molecule has 1 N–H and O–H groups in total. The first-order valence-electron chi connectivity index (χ1n) is 5.03. The number of carboxylic acid groups (broad SMARTS) is 1. The Hall–Kier alpha value is -1.29. The monoisotopic (exact) mass is 210 g/mol. The van der Waals surface area contributed by atoms with E-state index in [4.69, 9.17) is 9.15 Å². The molecule has 0 spiro atoms. The first-order valence-corrected chi connectivity index (χ1v) is 5.03. The van der Waals surface area contributed by atoms with Crippen molar-refractivity contribution >= 4 is 5.97 Å². The van der Waals surface area contributed by atoms with E-state index >= 15 is 0 Å². The zero-order valence-electron chi connectivity index (χ0n) is 8.66. The maximum atomic E-state index is 11.4. The summed E-state index contributed by atoms with van der Waals surface area (Å²) in [4.78, 5) is 11.4. The fraction of sp³-hybridized carbons (Fsp3) is 0.545. The molecular formula is C11H14O4. The van der Waals surface area contributed by atoms with Gasteiger partial charge < -0.3 is 14.3 Å². The van der Waals surface area contributed by atoms with Crippen molar-refractivity contribution in [2.45, 2.75) is 25.2 Å². The standard InChI is InChI=1S/C11H14O4/c1-8-2-3-9(15-8)11(10(12)13)4-6-14-7-5-11/h2-3H,4-7H2,1H3,(H,12,13). The van der Waals surface area contributed by atoms with E-state index < -0.39 is 11.4 Å². The summed E-state index contributed by atoms with van der Waals surface area (Å²) >= 11 is 0. The van der Waals surface area contributed by atoms with E-state index in [-0.39, 0.29) is 0 Å². The highest BCUT2D eigenvalue weighted by atomic mass is 16.5. The van der Waals surface area contributed by atoms with Crippen molar-refractivity contribution in [1.82, 2.24) is 0 Å². The van der Waals surface area contributed by atoms with Crippen LogP contribution in [0.3, 0.4) is 0 Å². The lowest BCUT2D eigenvalue weighted by atomic mass is 9.78. The predicted octanol–water partition coefficient (Wildman–Crippen LogP) is 1.72. The molecule has 1 saturated heterocycles. The van der Waals surface area contributed by atoms with Gasteiger partial charge in [-0.05, 0) is 31.9 Å². The summed E-state index contributed by atoms with van der Waals surface area (Å²) in [6.07, 6.45) is 0.963. The lowest BCUT2D eigenvalue weighted by Gasteiger charge is -2.31. The minimum Gasteiger partial charge on any atom is -0.480 e. The van der Waals surface area contributed by atoms with Crippen molar-refractivity contribution in [3.63, 3.8) is 0 Å². The average molecular weight is 210 g/mol. The largest absolute Gasteiger partial charge is 0.480 e. The van der Waals surface area contributed by atoms with E-state index in [2.05, 4.69) is 0 Å². The highest BCUT2D eigenvalue weighted by Crippen LogP contribution is 2.36. The van der Waals surface area contributed by atoms with E-state index in [0.29, 0.717) is 31.8 Å². The van der Waals surface area contributed by atoms with Crippen LogP contribution in [0.25, 0.3) is 0 Å². The number of rotatable bonds is 2. The average Bonchev–Trinajstić information content (AvgIpc) is 2.66. The molecule has 4 heteroatoms. The Kier molecular flexibility index (Phi) is 2.52. The molecular weight excluding hydrogens is 196 g/mol. The molecule has 4 nitrogen and oxygen atoms in total. The zero-order chi connectivity index (χ0) is 10.9. The quantitative estimate of drug-likeness (QED) is 0.807. The molecule has 0 saturated carbocycles. The van der Waals surface area contributed by atoms with Crippen molar-refractivity contribution in [3.8, 4) is 0 Å². The van der Waals surface area contributed by atoms with Crippen LogP contribution in [-0.4, -0.2) is 24.3 Å². The molecule has 0 aliphatic carbocycles. The van der Waals surface area contributed by atoms with Gasteiger partial charge in [0.25, 0.3) is 0 Å². The van der Waals surface area contributed by atoms with Gasteiger partial charge in [0.05, 0.1) is 0 Å². The normalized spacial score (nSPS) is 20.1. The molecule has 0 unspecified atom stereocenters. The molecule has 2 heterocycles. The lowest BCUT2D eigenvalue weighted by molar-refractivity contribution is -0.148. The van der Waals surface area contributed by atoms with Crippen LogP contribution in [0.5, 0.6) is 0 Å². The third kappa shape index (κ3) is 1.65. The molecule has 82 valence electrons. The Morgan fingerprint density at radius 2 is 2.07 bits per heavy atom. The van der Waals surface area contributed by atoms with Crippen LogP contribution in [-0.2, 0) is 14.9 Å². The molecule has 1 aromatic heterocycles. The van der Waals surface area contributed by atoms with Gasteiger partial charge in [-0.1, -0.05) is 0 Å². The van der Waals surface area contributed by atoms with Crippen molar-refractivity contribution < 1.29 is 19.1 Å². The zero-order valence-corrected chi connectivity index (χ0v) is 8.66. The van der Waals surface area contributed by atoms with Gasteiger partial charge in [-0.3, -0.25) is 4.79 Å². The van der Waals surface area contributed by atoms with Gasteiger partial charge >= 0.3 is 5.97 Å². The Morgan fingerprint density at radius 3 is 2.53 bits per heavy atom. The molecule has 0 radical (unpaired) electrons. The van der Waals surface area contributed by atoms with Gasteiger partial charge in [0.2, 0.25) is 0 Å². The smallest absolute Gasteiger partial charge is 0.317 e. The van der Waals surface area contributed by atoms with Crippen molar-refractivity contribution in [3.05, 3.63) is 23.7 Å². The SMILES string of the molecule is Cc1ccc(C2(C(=O)O)CCOCC2)o1. The number of hydrogen-bond donors (Lipinski definition) is 1. The summed E-state index contributed by atoms with van der Waals surface area (Å²) in [5.41, 5.74) is -0.882. The van der Waals surface area contributed by atoms with E-state index in [1.165, 1.54) is 0 Å². The molecule has 0 amide bonds. The summed E-state index contributed by atoms with van der Waals surface area (Å²) in [7, 11) is 0. The molecule has 1 aliphatic rings. The second-order valence-corrected chi connectivity index (χ2v) is 3.91. The van der Waals surface area contributed by atoms with Gasteiger partial charge in [0, 0.05) is 13.2 Å². The molecule has 0 aromatic carbocycles. The second kappa shape index (κ2) is 3.70. The van der Waals surface area contributed by atoms with Crippen LogP contribution < -0.4 is 0 Å². The van der Waals surface area contributed by atoms with E-state index in [0.717, 1.165) is 5.76 Å². The number of carbonyl (C=O) groups is 1. The highest BCUT2D eigenvalue weighted by Gasteiger charge is 2.44. The van der Waals surface area contributed by atoms with Crippen LogP contribution in [0.15, 0.2) is 16.5 Å². The van der Waals surface area contributed by atoms with Crippen LogP contribution in [0, 0.1) is 6.92 Å². The third-order valence-corrected chi connectivity index (χ3v) is 2.97. The number of hydrogen-bond acceptors (Lipinski definition) is 3. The van der Waals surface area contributed by atoms with E-state index in [9.17, 15) is 9.90 Å². The molecule has 1 aliphatic heterocycles. The Morgan fingerprint density at radius 1 is 1.40 bits per heavy atom. The number of furan rings is 1. The molecule has 0 atom stereocenters. The van der Waals surface area contributed by atoms with E-state index in [1.54, 1.807) is 12.1 Å². The van der Waals surface area contributed by atoms with Crippen molar-refractivity contribution in [2.24, 2.45) is 0 Å². The van der Waals surface area contributed by atoms with Crippen LogP contribution in [0.4, 0.5) is 0 Å². The lowest BCUT2D eigenvalue weighted by Crippen LogP contribution is -2.41. The summed E-state index contributed by atoms with van der Waals surface area (Å²) < 4.78 is 10.6. The summed E-state index contributed by atoms with van der Waals surface area (Å²) in [6, 6.07) is 3.56. The summed E-state index contributed by atoms with van der Waals surface area (Å²) in [6.45, 7) is 2.77. The fourth-order valence-electron chi connectivity index (χ4n) is 1.98. The fourth-order valence-corrected chi connectivity index (χ4v) is 1.98. The number of aliphatic carboxylic acids is 1. The highest BCUT2D eigenvalue weighted by molar-refractivity contribution is 5.80. The van der Waals surface area contributed by atoms with Crippen LogP contribution >= 0.6 is 0 Å². The summed E-state index contributed by atoms with van der Waals surface area (Å²) in [5.74, 6) is 0.480. The number of ether oxygens (including phenoxy) is 1. The predicted molar refractivity (Wildman–Crippen MR) is 52.8 cm³/mol.